The number of benzene rings is 6. The lowest BCUT2D eigenvalue weighted by Crippen LogP contribution is -2.48. The van der Waals surface area contributed by atoms with E-state index in [9.17, 15) is 57.5 Å². The molecule has 6 aromatic carbocycles. The number of hydrogen-bond donors (Lipinski definition) is 16. The molecule has 15 amide bonds. The number of carbonyl (C=O) groups is 12. The predicted molar refractivity (Wildman–Crippen MR) is 439 cm³/mol. The molecule has 2 unspecified atom stereocenters. The first-order valence-corrected chi connectivity index (χ1v) is 38.5. The molecule has 35 nitrogen and oxygen atoms in total. The summed E-state index contributed by atoms with van der Waals surface area (Å²) in [5.41, 5.74) is 37.1. The van der Waals surface area contributed by atoms with Gasteiger partial charge in [0, 0.05) is 114 Å². The van der Waals surface area contributed by atoms with E-state index in [0.29, 0.717) is 127 Å². The number of anilines is 5. The number of carbonyl (C=O) groups excluding carboxylic acids is 12. The molecule has 626 valence electrons. The van der Waals surface area contributed by atoms with Gasteiger partial charge in [-0.15, -0.1) is 0 Å². The van der Waals surface area contributed by atoms with Crippen LogP contribution in [-0.4, -0.2) is 209 Å². The summed E-state index contributed by atoms with van der Waals surface area (Å²) in [7, 11) is 1.30. The van der Waals surface area contributed by atoms with Gasteiger partial charge in [-0.05, 0) is 152 Å². The van der Waals surface area contributed by atoms with Gasteiger partial charge in [-0.1, -0.05) is 91.0 Å². The van der Waals surface area contributed by atoms with Crippen LogP contribution >= 0.6 is 0 Å². The van der Waals surface area contributed by atoms with Crippen LogP contribution in [0, 0.1) is 5.92 Å². The molecule has 0 aromatic heterocycles. The van der Waals surface area contributed by atoms with E-state index < -0.39 is 24.1 Å². The van der Waals surface area contributed by atoms with Crippen molar-refractivity contribution in [3.05, 3.63) is 185 Å². The largest absolute Gasteiger partial charge is 0.467 e. The second-order valence-corrected chi connectivity index (χ2v) is 27.1. The summed E-state index contributed by atoms with van der Waals surface area (Å²) in [6.07, 6.45) is 6.84. The molecule has 116 heavy (non-hydrogen) atoms. The number of urea groups is 5. The lowest BCUT2D eigenvalue weighted by Gasteiger charge is -2.31. The van der Waals surface area contributed by atoms with Gasteiger partial charge in [-0.25, -0.2) is 28.8 Å². The predicted octanol–water partition coefficient (Wildman–Crippen LogP) is 3.54. The first-order valence-electron chi connectivity index (χ1n) is 38.5. The van der Waals surface area contributed by atoms with E-state index in [-0.39, 0.29) is 92.2 Å². The SMILES string of the molecule is CCOC(=O)C1CCCN(C(=O)CNC(=O)NCc2ccc(N)cc2)C1.COC(=O)C1CCCN1C(=O)CNC(=O)NCc1ccc(N)cc1.Nc1ccc(CNC(=O)NCC(=O)N2CCCCC2)cc1.Nc1ccc(CNC(=O)NCC(=O)N2CCOCC2)cc1.Nc1ccc(CNC(=O)NCC(=O)NCCc2ccccc2)cc1. The molecule has 0 saturated carbocycles. The average molecular weight is 1610 g/mol. The van der Waals surface area contributed by atoms with Gasteiger partial charge in [0.25, 0.3) is 0 Å². The van der Waals surface area contributed by atoms with Crippen LogP contribution in [0.1, 0.15) is 85.3 Å². The molecule has 4 aliphatic heterocycles. The third-order valence-corrected chi connectivity index (χ3v) is 18.3. The first-order chi connectivity index (χ1) is 55.9. The fraction of sp³-hybridized carbons (Fsp3) is 0.407. The van der Waals surface area contributed by atoms with Crippen molar-refractivity contribution in [3.63, 3.8) is 0 Å². The average Bonchev–Trinajstić information content (AvgIpc) is 1.34. The Balaban J connectivity index is 0.000000226. The van der Waals surface area contributed by atoms with Gasteiger partial charge in [0.15, 0.2) is 0 Å². The Hall–Kier alpha value is -13.1. The molecular formula is C81H112N20O15. The van der Waals surface area contributed by atoms with Crippen molar-refractivity contribution in [3.8, 4) is 0 Å². The Morgan fingerprint density at radius 3 is 1.11 bits per heavy atom. The molecule has 0 aliphatic carbocycles. The number of likely N-dealkylation sites (tertiary alicyclic amines) is 3. The van der Waals surface area contributed by atoms with Crippen molar-refractivity contribution in [1.29, 1.82) is 0 Å². The van der Waals surface area contributed by atoms with Crippen LogP contribution < -0.4 is 87.2 Å². The van der Waals surface area contributed by atoms with E-state index in [2.05, 4.69) is 58.5 Å². The second kappa shape index (κ2) is 51.5. The Labute approximate surface area is 675 Å². The maximum Gasteiger partial charge on any atom is 0.328 e. The van der Waals surface area contributed by atoms with Gasteiger partial charge in [0.05, 0.1) is 65.6 Å². The number of nitrogens with one attached hydrogen (secondary N) is 11. The van der Waals surface area contributed by atoms with E-state index in [4.69, 9.17) is 42.9 Å². The number of methoxy groups -OCH3 is 1. The molecule has 0 spiro atoms. The number of rotatable bonds is 26. The zero-order valence-corrected chi connectivity index (χ0v) is 65.9. The quantitative estimate of drug-likeness (QED) is 0.0273. The molecule has 4 fully saturated rings. The molecule has 35 heteroatoms. The van der Waals surface area contributed by atoms with E-state index in [1.165, 1.54) is 18.4 Å². The first kappa shape index (κ1) is 91.8. The number of nitrogens with two attached hydrogens (primary N) is 5. The normalized spacial score (nSPS) is 14.5. The maximum absolute atomic E-state index is 12.3. The lowest BCUT2D eigenvalue weighted by molar-refractivity contribution is -0.151. The Morgan fingerprint density at radius 1 is 0.371 bits per heavy atom. The van der Waals surface area contributed by atoms with Gasteiger partial charge in [0.2, 0.25) is 29.5 Å². The second-order valence-electron chi connectivity index (χ2n) is 27.1. The highest BCUT2D eigenvalue weighted by atomic mass is 16.5. The van der Waals surface area contributed by atoms with Crippen LogP contribution in [0.4, 0.5) is 52.4 Å². The number of amides is 15. The Morgan fingerprint density at radius 2 is 0.724 bits per heavy atom. The summed E-state index contributed by atoms with van der Waals surface area (Å²) in [4.78, 5) is 148. The molecular weight excluding hydrogens is 1490 g/mol. The Kier molecular flexibility index (Phi) is 40.8. The minimum Gasteiger partial charge on any atom is -0.467 e. The summed E-state index contributed by atoms with van der Waals surface area (Å²) in [6, 6.07) is 43.4. The third kappa shape index (κ3) is 36.6. The molecule has 21 N–H and O–H groups in total. The zero-order valence-electron chi connectivity index (χ0n) is 65.9. The topological polar surface area (TPSA) is 508 Å². The van der Waals surface area contributed by atoms with E-state index in [1.54, 1.807) is 77.4 Å². The lowest BCUT2D eigenvalue weighted by atomic mass is 9.98. The summed E-state index contributed by atoms with van der Waals surface area (Å²) in [6.45, 7) is 9.46. The van der Waals surface area contributed by atoms with Gasteiger partial charge in [0.1, 0.15) is 6.04 Å². The minimum absolute atomic E-state index is 0.00638. The highest BCUT2D eigenvalue weighted by Gasteiger charge is 2.35. The third-order valence-electron chi connectivity index (χ3n) is 18.3. The number of esters is 2. The molecule has 0 bridgehead atoms. The number of hydrogen-bond acceptors (Lipinski definition) is 20. The number of morpholine rings is 1. The standard InChI is InChI=1S/C18H26N4O4.C18H22N4O2.C16H22N4O4.C15H22N4O2.C14H20N4O3/c1-2-26-17(24)14-4-3-9-22(12-14)16(23)11-21-18(25)20-10-13-5-7-15(19)8-6-13;19-16-8-6-15(7-9-16)12-21-18(24)22-13-17(23)20-11-10-14-4-2-1-3-5-14;1-24-15(22)13-3-2-8-20(13)14(21)10-19-16(23)18-9-11-4-6-12(17)7-5-11;16-13-6-4-12(5-7-13)10-17-15(21)18-11-14(20)19-8-2-1-3-9-19;15-12-3-1-11(2-4-12)9-16-14(20)17-10-13(19)18-5-7-21-8-6-18/h5-8,14H,2-4,9-12,19H2,1H3,(H2,20,21,25);1-9H,10-13,19H2,(H,20,23)(H2,21,22,24);4-7,13H,2-3,8-10,17H2,1H3,(H2,18,19,23);4-7H,1-3,8-11,16H2,(H2,17,18,21);1-4H,5-10,15H2,(H2,16,17,20). The highest BCUT2D eigenvalue weighted by Crippen LogP contribution is 2.20. The maximum atomic E-state index is 12.3. The fourth-order valence-corrected chi connectivity index (χ4v) is 11.7. The van der Waals surface area contributed by atoms with E-state index in [0.717, 1.165) is 85.0 Å². The van der Waals surface area contributed by atoms with Gasteiger partial charge >= 0.3 is 42.1 Å². The van der Waals surface area contributed by atoms with Gasteiger partial charge in [-0.2, -0.15) is 0 Å². The highest BCUT2D eigenvalue weighted by molar-refractivity contribution is 5.89. The smallest absolute Gasteiger partial charge is 0.328 e. The van der Waals surface area contributed by atoms with Crippen LogP contribution in [-0.2, 0) is 86.9 Å². The van der Waals surface area contributed by atoms with Crippen molar-refractivity contribution < 1.29 is 71.7 Å². The number of nitrogens with zero attached hydrogens (tertiary/aromatic N) is 4. The molecule has 6 aromatic rings. The van der Waals surface area contributed by atoms with Crippen LogP contribution in [0.15, 0.2) is 152 Å². The van der Waals surface area contributed by atoms with Crippen molar-refractivity contribution in [1.82, 2.24) is 78.1 Å². The summed E-state index contributed by atoms with van der Waals surface area (Å²) in [5, 5.41) is 28.9. The summed E-state index contributed by atoms with van der Waals surface area (Å²) in [5.74, 6) is -1.81. The fourth-order valence-electron chi connectivity index (χ4n) is 11.7. The van der Waals surface area contributed by atoms with E-state index >= 15 is 0 Å². The van der Waals surface area contributed by atoms with Crippen molar-refractivity contribution in [2.75, 3.05) is 141 Å². The Bertz CT molecular complexity index is 3970. The molecule has 4 heterocycles. The van der Waals surface area contributed by atoms with Gasteiger partial charge < -0.3 is 121 Å². The van der Waals surface area contributed by atoms with Crippen LogP contribution in [0.5, 0.6) is 0 Å². The zero-order chi connectivity index (χ0) is 83.8. The van der Waals surface area contributed by atoms with Crippen molar-refractivity contribution in [2.24, 2.45) is 5.92 Å². The number of ether oxygens (including phenoxy) is 3. The summed E-state index contributed by atoms with van der Waals surface area (Å²) < 4.78 is 14.9. The molecule has 2 atom stereocenters. The van der Waals surface area contributed by atoms with Crippen LogP contribution in [0.2, 0.25) is 0 Å². The number of nitrogen functional groups attached to an aromatic ring is 5. The number of piperidine rings is 2. The molecule has 4 aliphatic rings. The van der Waals surface area contributed by atoms with Crippen LogP contribution in [0.25, 0.3) is 0 Å². The van der Waals surface area contributed by atoms with Crippen molar-refractivity contribution in [2.45, 2.75) is 97.1 Å². The van der Waals surface area contributed by atoms with Crippen LogP contribution in [0.3, 0.4) is 0 Å². The monoisotopic (exact) mass is 1600 g/mol. The minimum atomic E-state index is -0.554. The molecule has 10 rings (SSSR count). The summed E-state index contributed by atoms with van der Waals surface area (Å²) >= 11 is 0. The van der Waals surface area contributed by atoms with E-state index in [1.807, 2.05) is 95.9 Å². The molecule has 0 radical (unpaired) electrons. The van der Waals surface area contributed by atoms with Crippen molar-refractivity contribution >= 4 is 100 Å². The van der Waals surface area contributed by atoms with Gasteiger partial charge in [-0.3, -0.25) is 28.8 Å². The molecule has 4 saturated heterocycles.